The van der Waals surface area contributed by atoms with Crippen molar-refractivity contribution in [2.45, 2.75) is 62.7 Å². The Balaban J connectivity index is 1.29. The summed E-state index contributed by atoms with van der Waals surface area (Å²) in [6, 6.07) is 9.00. The van der Waals surface area contributed by atoms with Gasteiger partial charge in [0.15, 0.2) is 6.19 Å². The van der Waals surface area contributed by atoms with Crippen molar-refractivity contribution < 1.29 is 4.79 Å². The van der Waals surface area contributed by atoms with Gasteiger partial charge in [-0.25, -0.2) is 0 Å². The second-order valence-corrected chi connectivity index (χ2v) is 9.31. The maximum absolute atomic E-state index is 12.8. The van der Waals surface area contributed by atoms with E-state index in [9.17, 15) is 15.3 Å². The maximum atomic E-state index is 12.8. The Labute approximate surface area is 176 Å². The van der Waals surface area contributed by atoms with E-state index in [-0.39, 0.29) is 30.0 Å². The van der Waals surface area contributed by atoms with Gasteiger partial charge in [0.1, 0.15) is 0 Å². The van der Waals surface area contributed by atoms with E-state index >= 15 is 0 Å². The number of hydrogen-bond donors (Lipinski definition) is 1. The molecular formula is C22H24ClN5O. The third kappa shape index (κ3) is 3.02. The Hall–Kier alpha value is -2.44. The number of carbonyl (C=O) groups is 1. The zero-order valence-electron chi connectivity index (χ0n) is 16.2. The predicted molar refractivity (Wildman–Crippen MR) is 109 cm³/mol. The highest BCUT2D eigenvalue weighted by Crippen LogP contribution is 2.42. The fourth-order valence-corrected chi connectivity index (χ4v) is 6.29. The molecule has 1 aliphatic carbocycles. The quantitative estimate of drug-likeness (QED) is 0.774. The number of nitrogens with zero attached hydrogens (tertiary/aromatic N) is 4. The van der Waals surface area contributed by atoms with Crippen LogP contribution in [0.2, 0.25) is 5.02 Å². The van der Waals surface area contributed by atoms with Crippen molar-refractivity contribution in [3.63, 3.8) is 0 Å². The van der Waals surface area contributed by atoms with Gasteiger partial charge in [-0.15, -0.1) is 0 Å². The molecule has 3 heterocycles. The van der Waals surface area contributed by atoms with E-state index in [4.69, 9.17) is 11.6 Å². The molecule has 6 atom stereocenters. The lowest BCUT2D eigenvalue weighted by atomic mass is 9.81. The molecule has 1 amide bonds. The molecule has 4 fully saturated rings. The topological polar surface area (TPSA) is 83.2 Å². The van der Waals surface area contributed by atoms with Gasteiger partial charge in [-0.2, -0.15) is 10.5 Å². The van der Waals surface area contributed by atoms with E-state index in [1.54, 1.807) is 0 Å². The molecule has 1 saturated carbocycles. The Bertz CT molecular complexity index is 921. The first kappa shape index (κ1) is 18.6. The van der Waals surface area contributed by atoms with Gasteiger partial charge >= 0.3 is 0 Å². The predicted octanol–water partition coefficient (Wildman–Crippen LogP) is 3.28. The first-order valence-corrected chi connectivity index (χ1v) is 10.9. The van der Waals surface area contributed by atoms with Gasteiger partial charge in [-0.3, -0.25) is 4.79 Å². The minimum atomic E-state index is -0.165. The van der Waals surface area contributed by atoms with Gasteiger partial charge in [0.25, 0.3) is 5.91 Å². The van der Waals surface area contributed by atoms with E-state index in [1.807, 2.05) is 23.1 Å². The summed E-state index contributed by atoms with van der Waals surface area (Å²) in [4.78, 5) is 17.0. The lowest BCUT2D eigenvalue weighted by Gasteiger charge is -2.27. The average Bonchev–Trinajstić information content (AvgIpc) is 3.38. The highest BCUT2D eigenvalue weighted by molar-refractivity contribution is 6.34. The number of nitrogens with one attached hydrogen (secondary N) is 1. The molecule has 1 aromatic carbocycles. The smallest absolute Gasteiger partial charge is 0.253 e. The van der Waals surface area contributed by atoms with Crippen molar-refractivity contribution >= 4 is 23.2 Å². The number of hydrogen-bond acceptors (Lipinski definition) is 5. The molecule has 0 aromatic heterocycles. The van der Waals surface area contributed by atoms with E-state index < -0.39 is 0 Å². The third-order valence-corrected chi connectivity index (χ3v) is 7.80. The lowest BCUT2D eigenvalue weighted by Crippen LogP contribution is -2.43. The number of fused-ring (bicyclic) bond motifs is 4. The second-order valence-electron chi connectivity index (χ2n) is 8.90. The number of benzene rings is 1. The summed E-state index contributed by atoms with van der Waals surface area (Å²) in [6.45, 7) is 0.889. The minimum Gasteiger partial charge on any atom is -0.368 e. The molecule has 5 rings (SSSR count). The molecule has 4 bridgehead atoms. The average molecular weight is 410 g/mol. The number of halogens is 1. The molecule has 0 unspecified atom stereocenters. The highest BCUT2D eigenvalue weighted by Gasteiger charge is 2.46. The van der Waals surface area contributed by atoms with Crippen LogP contribution in [0.5, 0.6) is 0 Å². The van der Waals surface area contributed by atoms with Gasteiger partial charge in [0.2, 0.25) is 0 Å². The lowest BCUT2D eigenvalue weighted by molar-refractivity contribution is 0.0928. The molecular weight excluding hydrogens is 386 g/mol. The second kappa shape index (κ2) is 7.11. The largest absolute Gasteiger partial charge is 0.368 e. The van der Waals surface area contributed by atoms with Gasteiger partial charge in [0.05, 0.1) is 34.7 Å². The standard InChI is InChI=1S/C22H24ClN5O/c23-19-8-16(27-11-14-7-15(27)2-1-13(14)10-24)3-5-18(19)22(29)26-20-9-17-4-6-21(20)28(17)12-25/h3,5,8,13-15,17,20-21H,1-2,4,6-7,9,11H2,(H,26,29)/t13-,14+,15+,17-,20+,21+/m0/s1. The first-order valence-electron chi connectivity index (χ1n) is 10.5. The van der Waals surface area contributed by atoms with Gasteiger partial charge in [-0.05, 0) is 62.6 Å². The molecule has 1 aromatic rings. The van der Waals surface area contributed by atoms with Crippen LogP contribution in [0.4, 0.5) is 5.69 Å². The van der Waals surface area contributed by atoms with E-state index in [0.29, 0.717) is 22.5 Å². The molecule has 150 valence electrons. The van der Waals surface area contributed by atoms with E-state index in [0.717, 1.165) is 50.8 Å². The van der Waals surface area contributed by atoms with Crippen LogP contribution in [0.3, 0.4) is 0 Å². The van der Waals surface area contributed by atoms with Crippen molar-refractivity contribution in [3.8, 4) is 12.3 Å². The van der Waals surface area contributed by atoms with Crippen LogP contribution in [-0.4, -0.2) is 41.5 Å². The summed E-state index contributed by atoms with van der Waals surface area (Å²) in [5.41, 5.74) is 1.52. The zero-order chi connectivity index (χ0) is 20.1. The van der Waals surface area contributed by atoms with Gasteiger partial charge < -0.3 is 15.1 Å². The maximum Gasteiger partial charge on any atom is 0.253 e. The van der Waals surface area contributed by atoms with Crippen LogP contribution < -0.4 is 10.2 Å². The van der Waals surface area contributed by atoms with E-state index in [1.165, 1.54) is 0 Å². The van der Waals surface area contributed by atoms with Crippen LogP contribution in [0.25, 0.3) is 0 Å². The summed E-state index contributed by atoms with van der Waals surface area (Å²) in [6.07, 6.45) is 8.17. The Morgan fingerprint density at radius 3 is 2.69 bits per heavy atom. The summed E-state index contributed by atoms with van der Waals surface area (Å²) in [7, 11) is 0. The van der Waals surface area contributed by atoms with E-state index in [2.05, 4.69) is 22.5 Å². The van der Waals surface area contributed by atoms with Crippen molar-refractivity contribution in [1.29, 1.82) is 10.5 Å². The van der Waals surface area contributed by atoms with Crippen molar-refractivity contribution in [1.82, 2.24) is 10.2 Å². The van der Waals surface area contributed by atoms with Crippen LogP contribution in [0, 0.1) is 34.6 Å². The number of carbonyl (C=O) groups excluding carboxylic acids is 1. The fraction of sp³-hybridized carbons (Fsp3) is 0.591. The first-order chi connectivity index (χ1) is 14.1. The number of nitriles is 2. The van der Waals surface area contributed by atoms with Crippen LogP contribution in [0.1, 0.15) is 48.9 Å². The summed E-state index contributed by atoms with van der Waals surface area (Å²) in [5.74, 6) is 0.426. The van der Waals surface area contributed by atoms with Crippen LogP contribution in [-0.2, 0) is 0 Å². The fourth-order valence-electron chi connectivity index (χ4n) is 6.02. The van der Waals surface area contributed by atoms with Gasteiger partial charge in [-0.1, -0.05) is 11.6 Å². The van der Waals surface area contributed by atoms with Crippen molar-refractivity contribution in [3.05, 3.63) is 28.8 Å². The Kier molecular flexibility index (Phi) is 4.56. The Morgan fingerprint density at radius 2 is 1.97 bits per heavy atom. The van der Waals surface area contributed by atoms with Crippen LogP contribution >= 0.6 is 11.6 Å². The molecule has 7 heteroatoms. The monoisotopic (exact) mass is 409 g/mol. The molecule has 4 aliphatic rings. The summed E-state index contributed by atoms with van der Waals surface area (Å²) >= 11 is 6.52. The molecule has 3 aliphatic heterocycles. The van der Waals surface area contributed by atoms with Crippen molar-refractivity contribution in [2.75, 3.05) is 11.4 Å². The number of amides is 1. The molecule has 29 heavy (non-hydrogen) atoms. The SMILES string of the molecule is N#C[C@@H]1CC[C@@H]2C[C@@H]1CN2c1ccc(C(=O)N[C@@H]2C[C@@H]3CC[C@H]2N3C#N)c(Cl)c1. The molecule has 6 nitrogen and oxygen atoms in total. The van der Waals surface area contributed by atoms with Crippen LogP contribution in [0.15, 0.2) is 18.2 Å². The molecule has 3 saturated heterocycles. The van der Waals surface area contributed by atoms with Crippen molar-refractivity contribution in [2.24, 2.45) is 11.8 Å². The normalized spacial score (nSPS) is 34.7. The zero-order valence-corrected chi connectivity index (χ0v) is 17.0. The third-order valence-electron chi connectivity index (χ3n) is 7.49. The minimum absolute atomic E-state index is 0.0115. The summed E-state index contributed by atoms with van der Waals surface area (Å²) < 4.78 is 0. The highest BCUT2D eigenvalue weighted by atomic mass is 35.5. The van der Waals surface area contributed by atoms with Gasteiger partial charge in [0, 0.05) is 24.3 Å². The molecule has 0 radical (unpaired) electrons. The molecule has 0 spiro atoms. The summed E-state index contributed by atoms with van der Waals surface area (Å²) in [5, 5.41) is 22.2. The number of anilines is 1. The molecule has 1 N–H and O–H groups in total. The number of rotatable bonds is 3. The Morgan fingerprint density at radius 1 is 1.14 bits per heavy atom.